The zero-order chi connectivity index (χ0) is 15.1. The first-order valence-corrected chi connectivity index (χ1v) is 8.59. The summed E-state index contributed by atoms with van der Waals surface area (Å²) in [6, 6.07) is 9.56. The van der Waals surface area contributed by atoms with Crippen molar-refractivity contribution in [2.75, 3.05) is 17.1 Å². The van der Waals surface area contributed by atoms with E-state index in [0.717, 1.165) is 5.56 Å². The van der Waals surface area contributed by atoms with Crippen LogP contribution in [0.15, 0.2) is 47.2 Å². The molecule has 1 aromatic carbocycles. The highest BCUT2D eigenvalue weighted by Crippen LogP contribution is 2.08. The number of nitrogens with one attached hydrogen (secondary N) is 1. The first-order valence-electron chi connectivity index (χ1n) is 6.15. The molecule has 1 heterocycles. The second kappa shape index (κ2) is 7.48. The number of anilines is 1. The van der Waals surface area contributed by atoms with E-state index in [1.54, 1.807) is 0 Å². The van der Waals surface area contributed by atoms with Gasteiger partial charge in [-0.1, -0.05) is 30.3 Å². The summed E-state index contributed by atoms with van der Waals surface area (Å²) in [6.07, 6.45) is 2.94. The Kier molecular flexibility index (Phi) is 5.66. The molecule has 0 fully saturated rings. The number of aromatic nitrogens is 2. The molecule has 8 heteroatoms. The van der Waals surface area contributed by atoms with Gasteiger partial charge in [0, 0.05) is 12.4 Å². The van der Waals surface area contributed by atoms with Gasteiger partial charge in [-0.25, -0.2) is 18.4 Å². The summed E-state index contributed by atoms with van der Waals surface area (Å²) in [5, 5.41) is 0. The molecule has 2 aromatic rings. The van der Waals surface area contributed by atoms with Gasteiger partial charge < -0.3 is 4.74 Å². The minimum Gasteiger partial charge on any atom is -0.376 e. The maximum absolute atomic E-state index is 11.8. The van der Waals surface area contributed by atoms with Gasteiger partial charge in [0.2, 0.25) is 16.0 Å². The van der Waals surface area contributed by atoms with Gasteiger partial charge in [-0.15, -0.1) is 0 Å². The summed E-state index contributed by atoms with van der Waals surface area (Å²) < 4.78 is 31.9. The SMILES string of the molecule is O=S(=O)(CCOCc1ccccc1)Nc1ncc(Br)cn1. The average molecular weight is 372 g/mol. The van der Waals surface area contributed by atoms with Gasteiger partial charge in [0.25, 0.3) is 0 Å². The molecule has 0 spiro atoms. The van der Waals surface area contributed by atoms with Crippen molar-refractivity contribution in [2.45, 2.75) is 6.61 Å². The van der Waals surface area contributed by atoms with Crippen LogP contribution < -0.4 is 4.72 Å². The molecule has 0 aliphatic heterocycles. The van der Waals surface area contributed by atoms with Crippen LogP contribution >= 0.6 is 15.9 Å². The topological polar surface area (TPSA) is 81.2 Å². The van der Waals surface area contributed by atoms with E-state index in [4.69, 9.17) is 4.74 Å². The molecular weight excluding hydrogens is 358 g/mol. The number of ether oxygens (including phenoxy) is 1. The molecule has 112 valence electrons. The van der Waals surface area contributed by atoms with Gasteiger partial charge in [-0.3, -0.25) is 4.72 Å². The fraction of sp³-hybridized carbons (Fsp3) is 0.231. The molecule has 2 rings (SSSR count). The highest BCUT2D eigenvalue weighted by Gasteiger charge is 2.12. The van der Waals surface area contributed by atoms with E-state index in [2.05, 4.69) is 30.6 Å². The minimum atomic E-state index is -3.52. The van der Waals surface area contributed by atoms with Crippen LogP contribution in [0.4, 0.5) is 5.95 Å². The largest absolute Gasteiger partial charge is 0.376 e. The van der Waals surface area contributed by atoms with Crippen LogP contribution in [-0.2, 0) is 21.4 Å². The number of benzene rings is 1. The third kappa shape index (κ3) is 5.78. The Labute approximate surface area is 131 Å². The van der Waals surface area contributed by atoms with Crippen LogP contribution in [0.1, 0.15) is 5.56 Å². The van der Waals surface area contributed by atoms with E-state index in [0.29, 0.717) is 11.1 Å². The van der Waals surface area contributed by atoms with Crippen molar-refractivity contribution in [2.24, 2.45) is 0 Å². The second-order valence-corrected chi connectivity index (χ2v) is 6.94. The maximum atomic E-state index is 11.8. The number of halogens is 1. The molecule has 1 N–H and O–H groups in total. The molecule has 6 nitrogen and oxygen atoms in total. The minimum absolute atomic E-state index is 0.0428. The summed E-state index contributed by atoms with van der Waals surface area (Å²) in [4.78, 5) is 7.70. The molecule has 0 amide bonds. The highest BCUT2D eigenvalue weighted by molar-refractivity contribution is 9.10. The molecule has 0 aliphatic carbocycles. The van der Waals surface area contributed by atoms with Gasteiger partial charge >= 0.3 is 0 Å². The predicted molar refractivity (Wildman–Crippen MR) is 83.2 cm³/mol. The standard InChI is InChI=1S/C13H14BrN3O3S/c14-12-8-15-13(16-9-12)17-21(18,19)7-6-20-10-11-4-2-1-3-5-11/h1-5,8-9H,6-7,10H2,(H,15,16,17). The lowest BCUT2D eigenvalue weighted by molar-refractivity contribution is 0.135. The van der Waals surface area contributed by atoms with Gasteiger partial charge in [-0.2, -0.15) is 0 Å². The summed E-state index contributed by atoms with van der Waals surface area (Å²) >= 11 is 3.18. The Hall–Kier alpha value is -1.51. The van der Waals surface area contributed by atoms with Crippen LogP contribution in [0.5, 0.6) is 0 Å². The zero-order valence-corrected chi connectivity index (χ0v) is 13.5. The molecule has 0 saturated carbocycles. The Bertz CT molecular complexity index is 663. The molecule has 0 bridgehead atoms. The van der Waals surface area contributed by atoms with Crippen LogP contribution in [-0.4, -0.2) is 30.7 Å². The van der Waals surface area contributed by atoms with Crippen LogP contribution in [0.25, 0.3) is 0 Å². The van der Waals surface area contributed by atoms with Crippen LogP contribution in [0.3, 0.4) is 0 Å². The lowest BCUT2D eigenvalue weighted by Gasteiger charge is -2.07. The maximum Gasteiger partial charge on any atom is 0.237 e. The van der Waals surface area contributed by atoms with Crippen molar-refractivity contribution in [1.29, 1.82) is 0 Å². The van der Waals surface area contributed by atoms with Crippen LogP contribution in [0.2, 0.25) is 0 Å². The predicted octanol–water partition coefficient (Wildman–Crippen LogP) is 2.20. The first-order chi connectivity index (χ1) is 10.1. The number of hydrogen-bond donors (Lipinski definition) is 1. The van der Waals surface area contributed by atoms with E-state index in [-0.39, 0.29) is 18.3 Å². The number of sulfonamides is 1. The van der Waals surface area contributed by atoms with Crippen molar-refractivity contribution in [3.63, 3.8) is 0 Å². The van der Waals surface area contributed by atoms with Crippen molar-refractivity contribution in [1.82, 2.24) is 9.97 Å². The van der Waals surface area contributed by atoms with E-state index >= 15 is 0 Å². The van der Waals surface area contributed by atoms with Gasteiger partial charge in [0.1, 0.15) is 0 Å². The molecule has 0 unspecified atom stereocenters. The highest BCUT2D eigenvalue weighted by atomic mass is 79.9. The quantitative estimate of drug-likeness (QED) is 0.754. The molecule has 0 atom stereocenters. The van der Waals surface area contributed by atoms with Crippen molar-refractivity contribution < 1.29 is 13.2 Å². The zero-order valence-electron chi connectivity index (χ0n) is 11.1. The third-order valence-electron chi connectivity index (χ3n) is 2.48. The van der Waals surface area contributed by atoms with Crippen molar-refractivity contribution in [3.05, 3.63) is 52.8 Å². The molecule has 0 radical (unpaired) electrons. The number of rotatable bonds is 7. The number of nitrogens with zero attached hydrogens (tertiary/aromatic N) is 2. The molecule has 0 saturated heterocycles. The van der Waals surface area contributed by atoms with E-state index in [1.807, 2.05) is 30.3 Å². The Morgan fingerprint density at radius 2 is 1.81 bits per heavy atom. The molecule has 0 aliphatic rings. The summed E-state index contributed by atoms with van der Waals surface area (Å²) in [5.74, 6) is -0.111. The number of hydrogen-bond acceptors (Lipinski definition) is 5. The van der Waals surface area contributed by atoms with E-state index < -0.39 is 10.0 Å². The molecule has 21 heavy (non-hydrogen) atoms. The Morgan fingerprint density at radius 3 is 2.48 bits per heavy atom. The van der Waals surface area contributed by atoms with Crippen molar-refractivity contribution >= 4 is 31.9 Å². The lowest BCUT2D eigenvalue weighted by Crippen LogP contribution is -2.21. The Morgan fingerprint density at radius 1 is 1.14 bits per heavy atom. The summed E-state index contributed by atoms with van der Waals surface area (Å²) in [6.45, 7) is 0.478. The molecule has 1 aromatic heterocycles. The average Bonchev–Trinajstić information content (AvgIpc) is 2.47. The lowest BCUT2D eigenvalue weighted by atomic mass is 10.2. The molecular formula is C13H14BrN3O3S. The van der Waals surface area contributed by atoms with Gasteiger partial charge in [-0.05, 0) is 21.5 Å². The van der Waals surface area contributed by atoms with Crippen molar-refractivity contribution in [3.8, 4) is 0 Å². The summed E-state index contributed by atoms with van der Waals surface area (Å²) in [7, 11) is -3.52. The Balaban J connectivity index is 1.77. The normalized spacial score (nSPS) is 11.3. The van der Waals surface area contributed by atoms with Gasteiger partial charge in [0.15, 0.2) is 0 Å². The smallest absolute Gasteiger partial charge is 0.237 e. The monoisotopic (exact) mass is 371 g/mol. The van der Waals surface area contributed by atoms with E-state index in [9.17, 15) is 8.42 Å². The van der Waals surface area contributed by atoms with Crippen LogP contribution in [0, 0.1) is 0 Å². The van der Waals surface area contributed by atoms with E-state index in [1.165, 1.54) is 12.4 Å². The summed E-state index contributed by atoms with van der Waals surface area (Å²) in [5.41, 5.74) is 0.999. The van der Waals surface area contributed by atoms with Gasteiger partial charge in [0.05, 0.1) is 23.4 Å². The second-order valence-electron chi connectivity index (χ2n) is 4.18. The third-order valence-corrected chi connectivity index (χ3v) is 4.08. The fourth-order valence-corrected chi connectivity index (χ4v) is 2.52. The fourth-order valence-electron chi connectivity index (χ4n) is 1.49. The first kappa shape index (κ1) is 15.9.